The maximum Gasteiger partial charge on any atom is 0.0718 e. The van der Waals surface area contributed by atoms with Gasteiger partial charge in [-0.3, -0.25) is 0 Å². The zero-order chi connectivity index (χ0) is 13.2. The third-order valence-electron chi connectivity index (χ3n) is 3.29. The Kier molecular flexibility index (Phi) is 7.16. The molecule has 1 aromatic carbocycles. The van der Waals surface area contributed by atoms with Gasteiger partial charge in [-0.25, -0.2) is 0 Å². The van der Waals surface area contributed by atoms with Gasteiger partial charge in [-0.15, -0.1) is 0 Å². The van der Waals surface area contributed by atoms with Gasteiger partial charge in [0, 0.05) is 5.56 Å². The van der Waals surface area contributed by atoms with E-state index in [4.69, 9.17) is 0 Å². The number of carbonyl (C=O) groups is 1. The van der Waals surface area contributed by atoms with E-state index in [9.17, 15) is 9.90 Å². The molecule has 0 unspecified atom stereocenters. The molecule has 1 aromatic rings. The van der Waals surface area contributed by atoms with E-state index < -0.39 is 5.97 Å². The van der Waals surface area contributed by atoms with Crippen LogP contribution in [0.4, 0.5) is 0 Å². The van der Waals surface area contributed by atoms with Crippen LogP contribution in [0, 0.1) is 0 Å². The highest BCUT2D eigenvalue weighted by Gasteiger charge is 2.01. The second-order valence-corrected chi connectivity index (χ2v) is 4.82. The van der Waals surface area contributed by atoms with Gasteiger partial charge in [0.1, 0.15) is 0 Å². The molecule has 0 heterocycles. The first-order valence-electron chi connectivity index (χ1n) is 7.05. The van der Waals surface area contributed by atoms with Crippen LogP contribution in [0.5, 0.6) is 0 Å². The van der Waals surface area contributed by atoms with Crippen LogP contribution in [0.2, 0.25) is 0 Å². The standard InChI is InChI=1S/C16H24O2/c1-2-3-4-5-6-7-8-11-14-12-9-10-13-15(14)16(17)18/h9-10,12-13H,2-8,11H2,1H3,(H,17,18)/p-1. The van der Waals surface area contributed by atoms with Crippen molar-refractivity contribution in [2.75, 3.05) is 0 Å². The van der Waals surface area contributed by atoms with Gasteiger partial charge < -0.3 is 9.90 Å². The molecule has 0 aliphatic carbocycles. The summed E-state index contributed by atoms with van der Waals surface area (Å²) in [4.78, 5) is 10.9. The predicted octanol–water partition coefficient (Wildman–Crippen LogP) is 3.34. The van der Waals surface area contributed by atoms with E-state index in [0.29, 0.717) is 5.56 Å². The van der Waals surface area contributed by atoms with Crippen molar-refractivity contribution in [1.29, 1.82) is 0 Å². The molecule has 0 radical (unpaired) electrons. The topological polar surface area (TPSA) is 40.1 Å². The first kappa shape index (κ1) is 14.7. The molecule has 0 fully saturated rings. The molecule has 0 bridgehead atoms. The predicted molar refractivity (Wildman–Crippen MR) is 72.5 cm³/mol. The molecule has 100 valence electrons. The van der Waals surface area contributed by atoms with Crippen molar-refractivity contribution < 1.29 is 9.90 Å². The zero-order valence-electron chi connectivity index (χ0n) is 11.3. The Balaban J connectivity index is 2.25. The quantitative estimate of drug-likeness (QED) is 0.628. The molecule has 0 aromatic heterocycles. The van der Waals surface area contributed by atoms with Gasteiger partial charge in [-0.2, -0.15) is 0 Å². The average molecular weight is 247 g/mol. The lowest BCUT2D eigenvalue weighted by molar-refractivity contribution is -0.255. The summed E-state index contributed by atoms with van der Waals surface area (Å²) < 4.78 is 0. The largest absolute Gasteiger partial charge is 0.545 e. The minimum absolute atomic E-state index is 0.350. The summed E-state index contributed by atoms with van der Waals surface area (Å²) in [6, 6.07) is 7.16. The van der Waals surface area contributed by atoms with E-state index in [1.807, 2.05) is 12.1 Å². The second kappa shape index (κ2) is 8.73. The Labute approximate surface area is 110 Å². The Morgan fingerprint density at radius 2 is 1.61 bits per heavy atom. The number of rotatable bonds is 9. The number of benzene rings is 1. The lowest BCUT2D eigenvalue weighted by atomic mass is 10.0. The summed E-state index contributed by atoms with van der Waals surface area (Å²) in [6.07, 6.45) is 9.58. The van der Waals surface area contributed by atoms with Crippen LogP contribution in [-0.4, -0.2) is 5.97 Å². The number of aromatic carboxylic acids is 1. The minimum atomic E-state index is -1.06. The highest BCUT2D eigenvalue weighted by atomic mass is 16.4. The fourth-order valence-corrected chi connectivity index (χ4v) is 2.21. The Morgan fingerprint density at radius 3 is 2.28 bits per heavy atom. The van der Waals surface area contributed by atoms with Crippen molar-refractivity contribution in [3.63, 3.8) is 0 Å². The van der Waals surface area contributed by atoms with Crippen LogP contribution >= 0.6 is 0 Å². The molecular weight excluding hydrogens is 224 g/mol. The minimum Gasteiger partial charge on any atom is -0.545 e. The van der Waals surface area contributed by atoms with Crippen LogP contribution < -0.4 is 5.11 Å². The van der Waals surface area contributed by atoms with Crippen molar-refractivity contribution in [2.24, 2.45) is 0 Å². The van der Waals surface area contributed by atoms with E-state index in [1.54, 1.807) is 12.1 Å². The third-order valence-corrected chi connectivity index (χ3v) is 3.29. The van der Waals surface area contributed by atoms with E-state index in [1.165, 1.54) is 38.5 Å². The van der Waals surface area contributed by atoms with E-state index >= 15 is 0 Å². The van der Waals surface area contributed by atoms with Crippen molar-refractivity contribution in [1.82, 2.24) is 0 Å². The SMILES string of the molecule is CCCCCCCCCc1ccccc1C(=O)[O-]. The number of hydrogen-bond donors (Lipinski definition) is 0. The summed E-state index contributed by atoms with van der Waals surface area (Å²) in [5.74, 6) is -1.06. The highest BCUT2D eigenvalue weighted by Crippen LogP contribution is 2.13. The number of carboxylic acids is 1. The van der Waals surface area contributed by atoms with Gasteiger partial charge in [0.05, 0.1) is 5.97 Å². The summed E-state index contributed by atoms with van der Waals surface area (Å²) in [5.41, 5.74) is 1.26. The highest BCUT2D eigenvalue weighted by molar-refractivity contribution is 5.87. The maximum atomic E-state index is 10.9. The van der Waals surface area contributed by atoms with Gasteiger partial charge in [0.2, 0.25) is 0 Å². The molecule has 2 nitrogen and oxygen atoms in total. The van der Waals surface area contributed by atoms with Gasteiger partial charge in [0.25, 0.3) is 0 Å². The number of carbonyl (C=O) groups excluding carboxylic acids is 1. The molecule has 0 saturated carbocycles. The molecule has 0 spiro atoms. The second-order valence-electron chi connectivity index (χ2n) is 4.82. The molecule has 1 rings (SSSR count). The fourth-order valence-electron chi connectivity index (χ4n) is 2.21. The normalized spacial score (nSPS) is 10.5. The van der Waals surface area contributed by atoms with E-state index in [-0.39, 0.29) is 0 Å². The Morgan fingerprint density at radius 1 is 1.00 bits per heavy atom. The number of aryl methyl sites for hydroxylation is 1. The molecule has 0 atom stereocenters. The first-order chi connectivity index (χ1) is 8.75. The van der Waals surface area contributed by atoms with Crippen LogP contribution in [-0.2, 0) is 6.42 Å². The molecule has 0 saturated heterocycles. The Hall–Kier alpha value is -1.31. The van der Waals surface area contributed by atoms with Gasteiger partial charge in [-0.05, 0) is 18.4 Å². The summed E-state index contributed by atoms with van der Waals surface area (Å²) in [7, 11) is 0. The number of hydrogen-bond acceptors (Lipinski definition) is 2. The average Bonchev–Trinajstić information content (AvgIpc) is 2.38. The number of carboxylic acid groups (broad SMARTS) is 1. The molecule has 0 aliphatic heterocycles. The number of unbranched alkanes of at least 4 members (excludes halogenated alkanes) is 6. The molecule has 2 heteroatoms. The molecule has 0 aliphatic rings. The molecule has 0 amide bonds. The summed E-state index contributed by atoms with van der Waals surface area (Å²) >= 11 is 0. The van der Waals surface area contributed by atoms with Crippen molar-refractivity contribution in [3.05, 3.63) is 35.4 Å². The van der Waals surface area contributed by atoms with Crippen LogP contribution in [0.1, 0.15) is 67.8 Å². The molecule has 0 N–H and O–H groups in total. The summed E-state index contributed by atoms with van der Waals surface area (Å²) in [6.45, 7) is 2.22. The smallest absolute Gasteiger partial charge is 0.0718 e. The van der Waals surface area contributed by atoms with Crippen molar-refractivity contribution in [2.45, 2.75) is 58.3 Å². The van der Waals surface area contributed by atoms with Crippen LogP contribution in [0.3, 0.4) is 0 Å². The lowest BCUT2D eigenvalue weighted by Gasteiger charge is -2.09. The first-order valence-corrected chi connectivity index (χ1v) is 7.05. The van der Waals surface area contributed by atoms with Gasteiger partial charge in [0.15, 0.2) is 0 Å². The zero-order valence-corrected chi connectivity index (χ0v) is 11.3. The molecular formula is C16H23O2-. The maximum absolute atomic E-state index is 10.9. The van der Waals surface area contributed by atoms with Crippen LogP contribution in [0.15, 0.2) is 24.3 Å². The monoisotopic (exact) mass is 247 g/mol. The lowest BCUT2D eigenvalue weighted by Crippen LogP contribution is -2.23. The molecule has 18 heavy (non-hydrogen) atoms. The fraction of sp³-hybridized carbons (Fsp3) is 0.562. The van der Waals surface area contributed by atoms with Gasteiger partial charge >= 0.3 is 0 Å². The van der Waals surface area contributed by atoms with E-state index in [0.717, 1.165) is 18.4 Å². The van der Waals surface area contributed by atoms with Crippen LogP contribution in [0.25, 0.3) is 0 Å². The van der Waals surface area contributed by atoms with E-state index in [2.05, 4.69) is 6.92 Å². The Bertz CT molecular complexity index is 358. The third kappa shape index (κ3) is 5.35. The van der Waals surface area contributed by atoms with Crippen molar-refractivity contribution >= 4 is 5.97 Å². The summed E-state index contributed by atoms with van der Waals surface area (Å²) in [5, 5.41) is 10.9. The van der Waals surface area contributed by atoms with Gasteiger partial charge in [-0.1, -0.05) is 69.7 Å². The van der Waals surface area contributed by atoms with Crippen molar-refractivity contribution in [3.8, 4) is 0 Å².